The maximum absolute atomic E-state index is 5.69. The average Bonchev–Trinajstić information content (AvgIpc) is 2.46. The van der Waals surface area contributed by atoms with E-state index in [-0.39, 0.29) is 6.29 Å². The van der Waals surface area contributed by atoms with E-state index in [0.29, 0.717) is 0 Å². The molecule has 1 fully saturated rings. The van der Waals surface area contributed by atoms with Gasteiger partial charge in [-0.15, -0.1) is 0 Å². The molecule has 0 aromatic carbocycles. The fourth-order valence-corrected chi connectivity index (χ4v) is 2.09. The fraction of sp³-hybridized carbons (Fsp3) is 0.765. The molecule has 2 nitrogen and oxygen atoms in total. The van der Waals surface area contributed by atoms with Crippen LogP contribution in [-0.2, 0) is 9.47 Å². The van der Waals surface area contributed by atoms with Gasteiger partial charge in [-0.05, 0) is 44.9 Å². The van der Waals surface area contributed by atoms with Gasteiger partial charge in [0.05, 0.1) is 0 Å². The molecule has 19 heavy (non-hydrogen) atoms. The molecule has 2 heteroatoms. The third-order valence-electron chi connectivity index (χ3n) is 3.31. The Morgan fingerprint density at radius 1 is 1.05 bits per heavy atom. The van der Waals surface area contributed by atoms with Crippen molar-refractivity contribution < 1.29 is 9.47 Å². The minimum Gasteiger partial charge on any atom is -0.353 e. The van der Waals surface area contributed by atoms with Gasteiger partial charge in [-0.2, -0.15) is 0 Å². The van der Waals surface area contributed by atoms with Crippen molar-refractivity contribution in [3.8, 4) is 0 Å². The Balaban J connectivity index is 1.85. The first-order valence-electron chi connectivity index (χ1n) is 7.98. The highest BCUT2D eigenvalue weighted by molar-refractivity contribution is 5.02. The number of hydrogen-bond acceptors (Lipinski definition) is 2. The molecule has 110 valence electrons. The van der Waals surface area contributed by atoms with Gasteiger partial charge in [0.2, 0.25) is 0 Å². The first-order valence-corrected chi connectivity index (χ1v) is 7.98. The van der Waals surface area contributed by atoms with Crippen LogP contribution in [0, 0.1) is 0 Å². The van der Waals surface area contributed by atoms with E-state index in [1.54, 1.807) is 0 Å². The van der Waals surface area contributed by atoms with Crippen molar-refractivity contribution in [2.75, 3.05) is 13.2 Å². The Bertz CT molecular complexity index is 240. The Morgan fingerprint density at radius 2 is 1.84 bits per heavy atom. The lowest BCUT2D eigenvalue weighted by atomic mass is 10.2. The number of rotatable bonds is 10. The van der Waals surface area contributed by atoms with E-state index >= 15 is 0 Å². The summed E-state index contributed by atoms with van der Waals surface area (Å²) in [5, 5.41) is 0. The van der Waals surface area contributed by atoms with Crippen molar-refractivity contribution >= 4 is 0 Å². The first-order chi connectivity index (χ1) is 9.43. The summed E-state index contributed by atoms with van der Waals surface area (Å²) in [6, 6.07) is 0. The molecule has 0 saturated carbocycles. The monoisotopic (exact) mass is 266 g/mol. The third-order valence-corrected chi connectivity index (χ3v) is 3.31. The normalized spacial score (nSPS) is 20.6. The molecule has 1 unspecified atom stereocenters. The summed E-state index contributed by atoms with van der Waals surface area (Å²) in [4.78, 5) is 0. The number of allylic oxidation sites excluding steroid dienone is 4. The molecule has 1 heterocycles. The second-order valence-corrected chi connectivity index (χ2v) is 5.16. The van der Waals surface area contributed by atoms with Gasteiger partial charge in [-0.3, -0.25) is 0 Å². The van der Waals surface area contributed by atoms with Crippen LogP contribution in [0.3, 0.4) is 0 Å². The Morgan fingerprint density at radius 3 is 2.53 bits per heavy atom. The zero-order valence-corrected chi connectivity index (χ0v) is 12.5. The van der Waals surface area contributed by atoms with Gasteiger partial charge < -0.3 is 9.47 Å². The summed E-state index contributed by atoms with van der Waals surface area (Å²) in [5.41, 5.74) is 0. The van der Waals surface area contributed by atoms with Crippen molar-refractivity contribution in [1.29, 1.82) is 0 Å². The topological polar surface area (TPSA) is 18.5 Å². The zero-order chi connectivity index (χ0) is 13.6. The molecule has 0 aromatic rings. The van der Waals surface area contributed by atoms with E-state index < -0.39 is 0 Å². The quantitative estimate of drug-likeness (QED) is 0.409. The molecule has 0 bridgehead atoms. The van der Waals surface area contributed by atoms with Crippen molar-refractivity contribution in [3.63, 3.8) is 0 Å². The predicted octanol–water partition coefficient (Wildman–Crippen LogP) is 5.00. The molecular weight excluding hydrogens is 236 g/mol. The van der Waals surface area contributed by atoms with Crippen LogP contribution in [0.1, 0.15) is 64.7 Å². The molecule has 1 saturated heterocycles. The standard InChI is InChI=1S/C17H30O2/c1-2-3-4-5-6-7-8-9-10-12-15-18-17-14-11-13-16-19-17/h5-8,17H,2-4,9-16H2,1H3/b6-5-,8-7+. The van der Waals surface area contributed by atoms with E-state index in [2.05, 4.69) is 31.2 Å². The second-order valence-electron chi connectivity index (χ2n) is 5.16. The van der Waals surface area contributed by atoms with Gasteiger partial charge >= 0.3 is 0 Å². The van der Waals surface area contributed by atoms with Gasteiger partial charge in [-0.25, -0.2) is 0 Å². The van der Waals surface area contributed by atoms with Crippen molar-refractivity contribution in [2.24, 2.45) is 0 Å². The van der Waals surface area contributed by atoms with Crippen LogP contribution in [0.25, 0.3) is 0 Å². The van der Waals surface area contributed by atoms with E-state index in [1.807, 2.05) is 0 Å². The maximum atomic E-state index is 5.69. The summed E-state index contributed by atoms with van der Waals surface area (Å²) >= 11 is 0. The summed E-state index contributed by atoms with van der Waals surface area (Å²) in [6.07, 6.45) is 19.7. The SMILES string of the molecule is CCCC/C=C\C=C\CCCCOC1CCCCO1. The number of ether oxygens (including phenoxy) is 2. The predicted molar refractivity (Wildman–Crippen MR) is 81.2 cm³/mol. The Kier molecular flexibility index (Phi) is 10.8. The summed E-state index contributed by atoms with van der Waals surface area (Å²) in [5.74, 6) is 0. The minimum absolute atomic E-state index is 0.0748. The largest absolute Gasteiger partial charge is 0.353 e. The molecule has 0 radical (unpaired) electrons. The van der Waals surface area contributed by atoms with E-state index in [0.717, 1.165) is 32.5 Å². The lowest BCUT2D eigenvalue weighted by molar-refractivity contribution is -0.162. The molecule has 0 N–H and O–H groups in total. The van der Waals surface area contributed by atoms with Crippen molar-refractivity contribution in [2.45, 2.75) is 71.0 Å². The van der Waals surface area contributed by atoms with Gasteiger partial charge in [0.15, 0.2) is 6.29 Å². The van der Waals surface area contributed by atoms with E-state index in [4.69, 9.17) is 9.47 Å². The van der Waals surface area contributed by atoms with E-state index in [9.17, 15) is 0 Å². The van der Waals surface area contributed by atoms with Gasteiger partial charge in [0, 0.05) is 13.2 Å². The molecule has 1 rings (SSSR count). The first kappa shape index (κ1) is 16.5. The molecular formula is C17H30O2. The molecule has 0 aromatic heterocycles. The average molecular weight is 266 g/mol. The van der Waals surface area contributed by atoms with Crippen LogP contribution in [0.2, 0.25) is 0 Å². The van der Waals surface area contributed by atoms with Crippen molar-refractivity contribution in [1.82, 2.24) is 0 Å². The summed E-state index contributed by atoms with van der Waals surface area (Å²) < 4.78 is 11.2. The van der Waals surface area contributed by atoms with Crippen molar-refractivity contribution in [3.05, 3.63) is 24.3 Å². The molecule has 0 aliphatic carbocycles. The van der Waals surface area contributed by atoms with Crippen LogP contribution in [-0.4, -0.2) is 19.5 Å². The molecule has 1 aliphatic heterocycles. The number of hydrogen-bond donors (Lipinski definition) is 0. The van der Waals surface area contributed by atoms with Gasteiger partial charge in [0.1, 0.15) is 0 Å². The highest BCUT2D eigenvalue weighted by Crippen LogP contribution is 2.14. The lowest BCUT2D eigenvalue weighted by Gasteiger charge is -2.22. The molecule has 1 aliphatic rings. The van der Waals surface area contributed by atoms with E-state index in [1.165, 1.54) is 38.5 Å². The zero-order valence-electron chi connectivity index (χ0n) is 12.5. The van der Waals surface area contributed by atoms with Gasteiger partial charge in [0.25, 0.3) is 0 Å². The third kappa shape index (κ3) is 9.92. The lowest BCUT2D eigenvalue weighted by Crippen LogP contribution is -2.22. The Hall–Kier alpha value is -0.600. The van der Waals surface area contributed by atoms with Crippen LogP contribution < -0.4 is 0 Å². The fourth-order valence-electron chi connectivity index (χ4n) is 2.09. The smallest absolute Gasteiger partial charge is 0.157 e. The molecule has 1 atom stereocenters. The highest BCUT2D eigenvalue weighted by Gasteiger charge is 2.12. The molecule has 0 spiro atoms. The van der Waals surface area contributed by atoms with Crippen LogP contribution in [0.15, 0.2) is 24.3 Å². The summed E-state index contributed by atoms with van der Waals surface area (Å²) in [6.45, 7) is 3.94. The maximum Gasteiger partial charge on any atom is 0.157 e. The minimum atomic E-state index is 0.0748. The van der Waals surface area contributed by atoms with Gasteiger partial charge in [-0.1, -0.05) is 44.1 Å². The Labute approximate surface area is 118 Å². The molecule has 0 amide bonds. The van der Waals surface area contributed by atoms with Crippen LogP contribution >= 0.6 is 0 Å². The second kappa shape index (κ2) is 12.4. The highest BCUT2D eigenvalue weighted by atomic mass is 16.7. The van der Waals surface area contributed by atoms with Crippen LogP contribution in [0.4, 0.5) is 0 Å². The summed E-state index contributed by atoms with van der Waals surface area (Å²) in [7, 11) is 0. The van der Waals surface area contributed by atoms with Crippen LogP contribution in [0.5, 0.6) is 0 Å². The number of unbranched alkanes of at least 4 members (excludes halogenated alkanes) is 4.